The molecule has 0 atom stereocenters. The Morgan fingerprint density at radius 1 is 1.17 bits per heavy atom. The van der Waals surface area contributed by atoms with Gasteiger partial charge in [-0.2, -0.15) is 0 Å². The Balaban J connectivity index is 2.04. The molecule has 0 fully saturated rings. The Kier molecular flexibility index (Phi) is 6.28. The molecule has 2 aromatic carbocycles. The van der Waals surface area contributed by atoms with Crippen molar-refractivity contribution >= 4 is 39.1 Å². The van der Waals surface area contributed by atoms with E-state index in [1.165, 1.54) is 38.5 Å². The van der Waals surface area contributed by atoms with E-state index in [-0.39, 0.29) is 6.61 Å². The Morgan fingerprint density at radius 3 is 2.46 bits per heavy atom. The monoisotopic (exact) mass is 417 g/mol. The molecule has 0 radical (unpaired) electrons. The van der Waals surface area contributed by atoms with Crippen molar-refractivity contribution in [2.45, 2.75) is 0 Å². The second-order valence-corrected chi connectivity index (χ2v) is 5.86. The molecule has 0 spiro atoms. The standard InChI is InChI=1S/C16H14BrClFNO4/c1-22-14-6-11(18)12(7-15(14)23-2)20-16(21)8-24-13-4-3-9(19)5-10(13)17/h3-7H,8H2,1-2H3,(H,20,21). The van der Waals surface area contributed by atoms with Gasteiger partial charge in [0.15, 0.2) is 18.1 Å². The molecule has 1 amide bonds. The van der Waals surface area contributed by atoms with E-state index >= 15 is 0 Å². The Bertz CT molecular complexity index is 757. The molecule has 2 aromatic rings. The average molecular weight is 419 g/mol. The molecule has 24 heavy (non-hydrogen) atoms. The molecule has 128 valence electrons. The van der Waals surface area contributed by atoms with E-state index in [9.17, 15) is 9.18 Å². The van der Waals surface area contributed by atoms with Crippen LogP contribution in [-0.2, 0) is 4.79 Å². The van der Waals surface area contributed by atoms with Gasteiger partial charge in [0, 0.05) is 12.1 Å². The molecular weight excluding hydrogens is 405 g/mol. The third-order valence-corrected chi connectivity index (χ3v) is 3.93. The number of carbonyl (C=O) groups is 1. The van der Waals surface area contributed by atoms with Crippen LogP contribution < -0.4 is 19.5 Å². The first-order valence-electron chi connectivity index (χ1n) is 6.73. The van der Waals surface area contributed by atoms with Crippen molar-refractivity contribution in [3.63, 3.8) is 0 Å². The van der Waals surface area contributed by atoms with E-state index in [2.05, 4.69) is 21.2 Å². The van der Waals surface area contributed by atoms with Crippen molar-refractivity contribution in [3.05, 3.63) is 45.6 Å². The summed E-state index contributed by atoms with van der Waals surface area (Å²) in [6.07, 6.45) is 0. The van der Waals surface area contributed by atoms with Gasteiger partial charge in [-0.15, -0.1) is 0 Å². The lowest BCUT2D eigenvalue weighted by Gasteiger charge is -2.13. The first kappa shape index (κ1) is 18.4. The molecule has 0 saturated carbocycles. The number of carbonyl (C=O) groups excluding carboxylic acids is 1. The van der Waals surface area contributed by atoms with Gasteiger partial charge >= 0.3 is 0 Å². The molecule has 0 aliphatic carbocycles. The highest BCUT2D eigenvalue weighted by atomic mass is 79.9. The smallest absolute Gasteiger partial charge is 0.262 e. The van der Waals surface area contributed by atoms with Gasteiger partial charge in [-0.05, 0) is 34.1 Å². The topological polar surface area (TPSA) is 56.8 Å². The van der Waals surface area contributed by atoms with Gasteiger partial charge in [-0.3, -0.25) is 4.79 Å². The largest absolute Gasteiger partial charge is 0.493 e. The molecule has 0 aliphatic rings. The highest BCUT2D eigenvalue weighted by Gasteiger charge is 2.13. The summed E-state index contributed by atoms with van der Waals surface area (Å²) < 4.78 is 29.1. The summed E-state index contributed by atoms with van der Waals surface area (Å²) in [5, 5.41) is 2.91. The predicted molar refractivity (Wildman–Crippen MR) is 92.8 cm³/mol. The van der Waals surface area contributed by atoms with Crippen molar-refractivity contribution in [3.8, 4) is 17.2 Å². The van der Waals surface area contributed by atoms with E-state index in [1.807, 2.05) is 0 Å². The van der Waals surface area contributed by atoms with Crippen molar-refractivity contribution in [2.75, 3.05) is 26.1 Å². The number of benzene rings is 2. The highest BCUT2D eigenvalue weighted by molar-refractivity contribution is 9.10. The maximum absolute atomic E-state index is 13.0. The van der Waals surface area contributed by atoms with Gasteiger partial charge in [0.25, 0.3) is 5.91 Å². The first-order valence-corrected chi connectivity index (χ1v) is 7.91. The third-order valence-electron chi connectivity index (χ3n) is 3.00. The van der Waals surface area contributed by atoms with Crippen molar-refractivity contribution in [1.29, 1.82) is 0 Å². The van der Waals surface area contributed by atoms with Gasteiger partial charge in [0.2, 0.25) is 0 Å². The van der Waals surface area contributed by atoms with Crippen LogP contribution in [0, 0.1) is 5.82 Å². The Labute approximate surface area is 151 Å². The normalized spacial score (nSPS) is 10.2. The highest BCUT2D eigenvalue weighted by Crippen LogP contribution is 2.36. The number of amides is 1. The van der Waals surface area contributed by atoms with Gasteiger partial charge < -0.3 is 19.5 Å². The fourth-order valence-corrected chi connectivity index (χ4v) is 2.54. The van der Waals surface area contributed by atoms with Crippen LogP contribution in [0.1, 0.15) is 0 Å². The second kappa shape index (κ2) is 8.21. The summed E-state index contributed by atoms with van der Waals surface area (Å²) >= 11 is 9.26. The third kappa shape index (κ3) is 4.52. The molecule has 0 heterocycles. The molecule has 0 unspecified atom stereocenters. The summed E-state index contributed by atoms with van der Waals surface area (Å²) in [4.78, 5) is 12.0. The summed E-state index contributed by atoms with van der Waals surface area (Å²) in [5.74, 6) is 0.396. The maximum atomic E-state index is 13.0. The van der Waals surface area contributed by atoms with Crippen molar-refractivity contribution in [2.24, 2.45) is 0 Å². The molecule has 0 saturated heterocycles. The van der Waals surface area contributed by atoms with Gasteiger partial charge in [-0.1, -0.05) is 11.6 Å². The molecular formula is C16H14BrClFNO4. The minimum absolute atomic E-state index is 0.269. The van der Waals surface area contributed by atoms with E-state index in [0.717, 1.165) is 0 Å². The zero-order valence-corrected chi connectivity index (χ0v) is 15.2. The van der Waals surface area contributed by atoms with E-state index in [1.54, 1.807) is 6.07 Å². The number of hydrogen-bond acceptors (Lipinski definition) is 4. The van der Waals surface area contributed by atoms with Crippen LogP contribution in [0.4, 0.5) is 10.1 Å². The quantitative estimate of drug-likeness (QED) is 0.761. The number of anilines is 1. The van der Waals surface area contributed by atoms with Gasteiger partial charge in [0.1, 0.15) is 11.6 Å². The molecule has 8 heteroatoms. The summed E-state index contributed by atoms with van der Waals surface area (Å²) in [6, 6.07) is 7.00. The van der Waals surface area contributed by atoms with Crippen LogP contribution in [0.2, 0.25) is 5.02 Å². The Morgan fingerprint density at radius 2 is 1.83 bits per heavy atom. The zero-order chi connectivity index (χ0) is 17.7. The molecule has 0 aliphatic heterocycles. The number of nitrogens with one attached hydrogen (secondary N) is 1. The van der Waals surface area contributed by atoms with Crippen LogP contribution in [0.15, 0.2) is 34.8 Å². The van der Waals surface area contributed by atoms with Crippen LogP contribution in [0.5, 0.6) is 17.2 Å². The minimum Gasteiger partial charge on any atom is -0.493 e. The summed E-state index contributed by atoms with van der Waals surface area (Å²) in [6.45, 7) is -0.269. The number of halogens is 3. The van der Waals surface area contributed by atoms with Gasteiger partial charge in [0.05, 0.1) is 29.4 Å². The maximum Gasteiger partial charge on any atom is 0.262 e. The number of rotatable bonds is 6. The SMILES string of the molecule is COc1cc(Cl)c(NC(=O)COc2ccc(F)cc2Br)cc1OC. The van der Waals surface area contributed by atoms with E-state index in [4.69, 9.17) is 25.8 Å². The van der Waals surface area contributed by atoms with Crippen LogP contribution in [0.3, 0.4) is 0 Å². The average Bonchev–Trinajstić information content (AvgIpc) is 2.55. The second-order valence-electron chi connectivity index (χ2n) is 4.60. The molecule has 5 nitrogen and oxygen atoms in total. The molecule has 0 aromatic heterocycles. The summed E-state index contributed by atoms with van der Waals surface area (Å²) in [7, 11) is 2.97. The van der Waals surface area contributed by atoms with E-state index < -0.39 is 11.7 Å². The zero-order valence-electron chi connectivity index (χ0n) is 12.9. The van der Waals surface area contributed by atoms with E-state index in [0.29, 0.717) is 32.4 Å². The van der Waals surface area contributed by atoms with Crippen molar-refractivity contribution < 1.29 is 23.4 Å². The van der Waals surface area contributed by atoms with Crippen molar-refractivity contribution in [1.82, 2.24) is 0 Å². The lowest BCUT2D eigenvalue weighted by Crippen LogP contribution is -2.20. The van der Waals surface area contributed by atoms with Crippen LogP contribution >= 0.6 is 27.5 Å². The van der Waals surface area contributed by atoms with Gasteiger partial charge in [-0.25, -0.2) is 4.39 Å². The first-order chi connectivity index (χ1) is 11.4. The van der Waals surface area contributed by atoms with Crippen LogP contribution in [0.25, 0.3) is 0 Å². The van der Waals surface area contributed by atoms with Crippen LogP contribution in [-0.4, -0.2) is 26.7 Å². The number of hydrogen-bond donors (Lipinski definition) is 1. The summed E-state index contributed by atoms with van der Waals surface area (Å²) in [5.41, 5.74) is 0.362. The molecule has 1 N–H and O–H groups in total. The fraction of sp³-hybridized carbons (Fsp3) is 0.188. The molecule has 0 bridgehead atoms. The molecule has 2 rings (SSSR count). The minimum atomic E-state index is -0.430. The predicted octanol–water partition coefficient (Wildman–Crippen LogP) is 4.28. The number of ether oxygens (including phenoxy) is 3. The fourth-order valence-electron chi connectivity index (χ4n) is 1.87. The lowest BCUT2D eigenvalue weighted by molar-refractivity contribution is -0.118. The number of methoxy groups -OCH3 is 2. The Hall–Kier alpha value is -1.99. The lowest BCUT2D eigenvalue weighted by atomic mass is 10.2.